The van der Waals surface area contributed by atoms with E-state index >= 15 is 0 Å². The highest BCUT2D eigenvalue weighted by Crippen LogP contribution is 2.27. The van der Waals surface area contributed by atoms with Crippen molar-refractivity contribution in [1.82, 2.24) is 15.0 Å². The SMILES string of the molecule is CCCCCCCCCc1ccc(-c2noc(C3CN(C(=N)N)C3)n2)cc1. The van der Waals surface area contributed by atoms with Crippen molar-refractivity contribution in [3.63, 3.8) is 0 Å². The summed E-state index contributed by atoms with van der Waals surface area (Å²) in [5.74, 6) is 1.54. The molecule has 1 aliphatic heterocycles. The number of guanidine groups is 1. The van der Waals surface area contributed by atoms with Gasteiger partial charge in [0, 0.05) is 18.7 Å². The number of hydrogen-bond donors (Lipinski definition) is 2. The van der Waals surface area contributed by atoms with Crippen molar-refractivity contribution >= 4 is 5.96 Å². The number of rotatable bonds is 10. The molecule has 0 radical (unpaired) electrons. The minimum Gasteiger partial charge on any atom is -0.370 e. The summed E-state index contributed by atoms with van der Waals surface area (Å²) in [6.45, 7) is 3.61. The van der Waals surface area contributed by atoms with Crippen LogP contribution in [0, 0.1) is 5.41 Å². The van der Waals surface area contributed by atoms with E-state index in [9.17, 15) is 0 Å². The third-order valence-electron chi connectivity index (χ3n) is 5.29. The smallest absolute Gasteiger partial charge is 0.233 e. The molecule has 1 aromatic carbocycles. The molecule has 6 heteroatoms. The predicted molar refractivity (Wildman–Crippen MR) is 108 cm³/mol. The van der Waals surface area contributed by atoms with Gasteiger partial charge in [-0.15, -0.1) is 0 Å². The molecule has 6 nitrogen and oxygen atoms in total. The average Bonchev–Trinajstić information content (AvgIpc) is 3.09. The zero-order valence-corrected chi connectivity index (χ0v) is 16.3. The molecule has 0 spiro atoms. The zero-order chi connectivity index (χ0) is 19.1. The van der Waals surface area contributed by atoms with Crippen LogP contribution in [-0.4, -0.2) is 34.1 Å². The molecule has 2 heterocycles. The molecule has 2 aromatic rings. The molecule has 0 bridgehead atoms. The topological polar surface area (TPSA) is 92.0 Å². The van der Waals surface area contributed by atoms with Gasteiger partial charge in [0.2, 0.25) is 11.7 Å². The van der Waals surface area contributed by atoms with E-state index in [1.54, 1.807) is 4.90 Å². The number of nitrogens with one attached hydrogen (secondary N) is 1. The summed E-state index contributed by atoms with van der Waals surface area (Å²) < 4.78 is 5.40. The molecule has 3 N–H and O–H groups in total. The molecule has 1 aliphatic rings. The number of benzene rings is 1. The number of hydrogen-bond acceptors (Lipinski definition) is 4. The summed E-state index contributed by atoms with van der Waals surface area (Å²) in [6, 6.07) is 8.49. The van der Waals surface area contributed by atoms with E-state index < -0.39 is 0 Å². The first kappa shape index (κ1) is 19.4. The maximum atomic E-state index is 7.40. The van der Waals surface area contributed by atoms with Crippen molar-refractivity contribution in [3.05, 3.63) is 35.7 Å². The van der Waals surface area contributed by atoms with Gasteiger partial charge in [0.05, 0.1) is 5.92 Å². The molecular weight excluding hydrogens is 338 g/mol. The van der Waals surface area contributed by atoms with E-state index in [1.165, 1.54) is 50.5 Å². The lowest BCUT2D eigenvalue weighted by Crippen LogP contribution is -2.51. The van der Waals surface area contributed by atoms with E-state index in [1.807, 2.05) is 0 Å². The van der Waals surface area contributed by atoms with Crippen molar-refractivity contribution in [2.45, 2.75) is 64.2 Å². The van der Waals surface area contributed by atoms with Crippen LogP contribution in [-0.2, 0) is 6.42 Å². The fourth-order valence-corrected chi connectivity index (χ4v) is 3.46. The highest BCUT2D eigenvalue weighted by molar-refractivity contribution is 5.75. The quantitative estimate of drug-likeness (QED) is 0.369. The maximum absolute atomic E-state index is 7.40. The van der Waals surface area contributed by atoms with Gasteiger partial charge in [-0.2, -0.15) is 4.98 Å². The van der Waals surface area contributed by atoms with Crippen LogP contribution in [0.25, 0.3) is 11.4 Å². The Kier molecular flexibility index (Phi) is 6.85. The Bertz CT molecular complexity index is 718. The summed E-state index contributed by atoms with van der Waals surface area (Å²) in [5.41, 5.74) is 7.81. The second kappa shape index (κ2) is 9.53. The van der Waals surface area contributed by atoms with E-state index in [4.69, 9.17) is 15.7 Å². The third-order valence-corrected chi connectivity index (χ3v) is 5.29. The fraction of sp³-hybridized carbons (Fsp3) is 0.571. The molecule has 3 rings (SSSR count). The second-order valence-corrected chi connectivity index (χ2v) is 7.51. The van der Waals surface area contributed by atoms with Crippen LogP contribution in [0.15, 0.2) is 28.8 Å². The van der Waals surface area contributed by atoms with Gasteiger partial charge in [-0.1, -0.05) is 74.9 Å². The number of nitrogens with two attached hydrogens (primary N) is 1. The van der Waals surface area contributed by atoms with Gasteiger partial charge in [-0.3, -0.25) is 5.41 Å². The third kappa shape index (κ3) is 5.31. The number of unbranched alkanes of at least 4 members (excludes halogenated alkanes) is 6. The van der Waals surface area contributed by atoms with E-state index in [0.29, 0.717) is 24.8 Å². The molecular formula is C21H31N5O. The van der Waals surface area contributed by atoms with Crippen LogP contribution in [0.4, 0.5) is 0 Å². The molecule has 0 atom stereocenters. The molecule has 146 valence electrons. The van der Waals surface area contributed by atoms with Crippen molar-refractivity contribution < 1.29 is 4.52 Å². The van der Waals surface area contributed by atoms with Gasteiger partial charge in [0.25, 0.3) is 0 Å². The minimum atomic E-state index is 0.0996. The largest absolute Gasteiger partial charge is 0.370 e. The highest BCUT2D eigenvalue weighted by atomic mass is 16.5. The Labute approximate surface area is 161 Å². The number of likely N-dealkylation sites (tertiary alicyclic amines) is 1. The predicted octanol–water partition coefficient (Wildman–Crippen LogP) is 4.32. The Balaban J connectivity index is 1.43. The molecule has 1 saturated heterocycles. The molecule has 1 aromatic heterocycles. The molecule has 0 unspecified atom stereocenters. The average molecular weight is 370 g/mol. The Hall–Kier alpha value is -2.37. The van der Waals surface area contributed by atoms with Crippen LogP contribution in [0.1, 0.15) is 69.2 Å². The summed E-state index contributed by atoms with van der Waals surface area (Å²) in [7, 11) is 0. The van der Waals surface area contributed by atoms with Gasteiger partial charge in [0.1, 0.15) is 0 Å². The van der Waals surface area contributed by atoms with Gasteiger partial charge in [0.15, 0.2) is 5.96 Å². The van der Waals surface area contributed by atoms with E-state index in [-0.39, 0.29) is 11.9 Å². The van der Waals surface area contributed by atoms with Crippen molar-refractivity contribution in [1.29, 1.82) is 5.41 Å². The van der Waals surface area contributed by atoms with Gasteiger partial charge < -0.3 is 15.2 Å². The lowest BCUT2D eigenvalue weighted by atomic mass is 10.0. The minimum absolute atomic E-state index is 0.0996. The normalized spacial score (nSPS) is 14.3. The monoisotopic (exact) mass is 369 g/mol. The van der Waals surface area contributed by atoms with Crippen molar-refractivity contribution in [2.75, 3.05) is 13.1 Å². The maximum Gasteiger partial charge on any atom is 0.233 e. The molecule has 1 fully saturated rings. The van der Waals surface area contributed by atoms with Crippen LogP contribution >= 0.6 is 0 Å². The second-order valence-electron chi connectivity index (χ2n) is 7.51. The number of aryl methyl sites for hydroxylation is 1. The van der Waals surface area contributed by atoms with Crippen LogP contribution in [0.2, 0.25) is 0 Å². The zero-order valence-electron chi connectivity index (χ0n) is 16.3. The van der Waals surface area contributed by atoms with E-state index in [0.717, 1.165) is 12.0 Å². The van der Waals surface area contributed by atoms with Crippen molar-refractivity contribution in [2.24, 2.45) is 5.73 Å². The Morgan fingerprint density at radius 2 is 1.78 bits per heavy atom. The number of aromatic nitrogens is 2. The first-order valence-electron chi connectivity index (χ1n) is 10.2. The van der Waals surface area contributed by atoms with Gasteiger partial charge >= 0.3 is 0 Å². The summed E-state index contributed by atoms with van der Waals surface area (Å²) in [4.78, 5) is 6.31. The molecule has 0 amide bonds. The van der Waals surface area contributed by atoms with Gasteiger partial charge in [-0.25, -0.2) is 0 Å². The number of nitrogens with zero attached hydrogens (tertiary/aromatic N) is 3. The van der Waals surface area contributed by atoms with Crippen molar-refractivity contribution in [3.8, 4) is 11.4 Å². The highest BCUT2D eigenvalue weighted by Gasteiger charge is 2.33. The molecule has 0 saturated carbocycles. The molecule has 0 aliphatic carbocycles. The standard InChI is InChI=1S/C21H31N5O/c1-2-3-4-5-6-7-8-9-16-10-12-17(13-11-16)19-24-20(27-25-19)18-14-26(15-18)21(22)23/h10-13,18H,2-9,14-15H2,1H3,(H3,22,23). The lowest BCUT2D eigenvalue weighted by Gasteiger charge is -2.37. The first-order chi connectivity index (χ1) is 13.2. The lowest BCUT2D eigenvalue weighted by molar-refractivity contribution is 0.203. The van der Waals surface area contributed by atoms with Crippen LogP contribution < -0.4 is 5.73 Å². The first-order valence-corrected chi connectivity index (χ1v) is 10.2. The molecule has 27 heavy (non-hydrogen) atoms. The Morgan fingerprint density at radius 1 is 1.11 bits per heavy atom. The van der Waals surface area contributed by atoms with Crippen LogP contribution in [0.5, 0.6) is 0 Å². The Morgan fingerprint density at radius 3 is 2.44 bits per heavy atom. The van der Waals surface area contributed by atoms with E-state index in [2.05, 4.69) is 41.3 Å². The van der Waals surface area contributed by atoms with Crippen LogP contribution in [0.3, 0.4) is 0 Å². The fourth-order valence-electron chi connectivity index (χ4n) is 3.46. The summed E-state index contributed by atoms with van der Waals surface area (Å²) in [6.07, 6.45) is 10.5. The summed E-state index contributed by atoms with van der Waals surface area (Å²) >= 11 is 0. The summed E-state index contributed by atoms with van der Waals surface area (Å²) in [5, 5.41) is 11.5. The van der Waals surface area contributed by atoms with Gasteiger partial charge in [-0.05, 0) is 18.4 Å².